The summed E-state index contributed by atoms with van der Waals surface area (Å²) in [5, 5.41) is 2.50. The van der Waals surface area contributed by atoms with Crippen molar-refractivity contribution >= 4 is 37.2 Å². The van der Waals surface area contributed by atoms with Crippen molar-refractivity contribution < 1.29 is 4.57 Å². The van der Waals surface area contributed by atoms with Gasteiger partial charge >= 0.3 is 0 Å². The molecule has 2 nitrogen and oxygen atoms in total. The van der Waals surface area contributed by atoms with E-state index in [0.29, 0.717) is 0 Å². The van der Waals surface area contributed by atoms with E-state index < -0.39 is 0 Å². The lowest BCUT2D eigenvalue weighted by atomic mass is 9.96. The van der Waals surface area contributed by atoms with E-state index >= 15 is 0 Å². The number of pyridine rings is 1. The first kappa shape index (κ1) is 19.5. The largest absolute Gasteiger partial charge is 0.237 e. The molecule has 0 saturated heterocycles. The Labute approximate surface area is 186 Å². The molecule has 0 atom stereocenters. The standard InChI is InChI=1S/C28H23N2S/c1-17-13-14-30(5)23(15-17)24-18(2)11-12-21-22-16-19(3)26(29-4)25(28(22)31-27(21)24)20-9-7-6-8-10-20/h6-16H,1-3,5H3/q+1. The van der Waals surface area contributed by atoms with Gasteiger partial charge in [-0.25, -0.2) is 9.41 Å². The summed E-state index contributed by atoms with van der Waals surface area (Å²) in [4.78, 5) is 3.94. The Bertz CT molecular complexity index is 1520. The molecule has 0 radical (unpaired) electrons. The minimum absolute atomic E-state index is 0.754. The van der Waals surface area contributed by atoms with Gasteiger partial charge < -0.3 is 0 Å². The second-order valence-corrected chi connectivity index (χ2v) is 9.23. The fraction of sp³-hybridized carbons (Fsp3) is 0.143. The molecular weight excluding hydrogens is 396 g/mol. The maximum Gasteiger partial charge on any atom is 0.214 e. The van der Waals surface area contributed by atoms with Crippen molar-refractivity contribution in [2.24, 2.45) is 7.05 Å². The number of benzene rings is 3. The molecule has 3 aromatic carbocycles. The van der Waals surface area contributed by atoms with Crippen molar-refractivity contribution in [3.05, 3.63) is 95.0 Å². The number of hydrogen-bond donors (Lipinski definition) is 0. The highest BCUT2D eigenvalue weighted by Crippen LogP contribution is 2.48. The first-order valence-corrected chi connectivity index (χ1v) is 11.2. The fourth-order valence-electron chi connectivity index (χ4n) is 4.46. The van der Waals surface area contributed by atoms with Crippen LogP contribution in [-0.4, -0.2) is 0 Å². The van der Waals surface area contributed by atoms with E-state index in [1.165, 1.54) is 42.6 Å². The molecule has 0 N–H and O–H groups in total. The molecule has 2 heterocycles. The average molecular weight is 420 g/mol. The lowest BCUT2D eigenvalue weighted by molar-refractivity contribution is -0.660. The van der Waals surface area contributed by atoms with E-state index in [-0.39, 0.29) is 0 Å². The third-order valence-electron chi connectivity index (χ3n) is 6.04. The summed E-state index contributed by atoms with van der Waals surface area (Å²) in [6.07, 6.45) is 2.13. The average Bonchev–Trinajstić information content (AvgIpc) is 3.13. The lowest BCUT2D eigenvalue weighted by Crippen LogP contribution is -2.30. The van der Waals surface area contributed by atoms with Gasteiger partial charge in [0.15, 0.2) is 11.9 Å². The molecule has 0 aliphatic carbocycles. The van der Waals surface area contributed by atoms with Crippen LogP contribution in [0.2, 0.25) is 0 Å². The normalized spacial score (nSPS) is 11.2. The molecule has 5 aromatic rings. The fourth-order valence-corrected chi connectivity index (χ4v) is 5.91. The van der Waals surface area contributed by atoms with E-state index in [1.807, 2.05) is 29.5 Å². The monoisotopic (exact) mass is 419 g/mol. The Balaban J connectivity index is 1.96. The molecule has 0 saturated carbocycles. The van der Waals surface area contributed by atoms with Crippen LogP contribution in [0.1, 0.15) is 16.7 Å². The van der Waals surface area contributed by atoms with Crippen LogP contribution < -0.4 is 4.57 Å². The summed E-state index contributed by atoms with van der Waals surface area (Å²) in [7, 11) is 2.11. The van der Waals surface area contributed by atoms with Gasteiger partial charge in [0.05, 0.1) is 12.1 Å². The number of aromatic nitrogens is 1. The molecule has 0 fully saturated rings. The van der Waals surface area contributed by atoms with Crippen molar-refractivity contribution in [2.75, 3.05) is 0 Å². The Kier molecular flexibility index (Phi) is 4.61. The van der Waals surface area contributed by atoms with Gasteiger partial charge in [-0.2, -0.15) is 0 Å². The molecule has 5 rings (SSSR count). The highest BCUT2D eigenvalue weighted by atomic mass is 32.1. The smallest absolute Gasteiger partial charge is 0.214 e. The number of aryl methyl sites for hydroxylation is 4. The second kappa shape index (κ2) is 7.34. The van der Waals surface area contributed by atoms with Crippen molar-refractivity contribution in [2.45, 2.75) is 20.8 Å². The molecule has 150 valence electrons. The molecule has 3 heteroatoms. The zero-order valence-electron chi connectivity index (χ0n) is 18.2. The molecule has 0 aliphatic heterocycles. The van der Waals surface area contributed by atoms with Crippen LogP contribution in [0, 0.1) is 27.3 Å². The topological polar surface area (TPSA) is 8.24 Å². The summed E-state index contributed by atoms with van der Waals surface area (Å²) >= 11 is 1.81. The highest BCUT2D eigenvalue weighted by molar-refractivity contribution is 7.27. The highest BCUT2D eigenvalue weighted by Gasteiger charge is 2.22. The zero-order valence-corrected chi connectivity index (χ0v) is 19.0. The van der Waals surface area contributed by atoms with E-state index in [1.54, 1.807) is 0 Å². The van der Waals surface area contributed by atoms with Crippen LogP contribution in [0.3, 0.4) is 0 Å². The summed E-state index contributed by atoms with van der Waals surface area (Å²) < 4.78 is 4.68. The zero-order chi connectivity index (χ0) is 21.7. The molecular formula is C28H23N2S+. The van der Waals surface area contributed by atoms with E-state index in [9.17, 15) is 0 Å². The van der Waals surface area contributed by atoms with Crippen LogP contribution in [0.4, 0.5) is 5.69 Å². The lowest BCUT2D eigenvalue weighted by Gasteiger charge is -2.09. The Hall–Kier alpha value is -3.48. The van der Waals surface area contributed by atoms with Gasteiger partial charge in [0.2, 0.25) is 5.69 Å². The number of hydrogen-bond acceptors (Lipinski definition) is 1. The number of nitrogens with zero attached hydrogens (tertiary/aromatic N) is 2. The van der Waals surface area contributed by atoms with Crippen molar-refractivity contribution in [3.8, 4) is 22.4 Å². The van der Waals surface area contributed by atoms with E-state index in [0.717, 1.165) is 22.4 Å². The van der Waals surface area contributed by atoms with E-state index in [2.05, 4.69) is 85.9 Å². The van der Waals surface area contributed by atoms with Gasteiger partial charge in [-0.15, -0.1) is 11.3 Å². The minimum Gasteiger partial charge on any atom is -0.237 e. The third-order valence-corrected chi connectivity index (χ3v) is 7.30. The SMILES string of the molecule is [C-]#[N+]c1c(C)cc2c(sc3c(-c4cc(C)cc[n+]4C)c(C)ccc32)c1-c1ccccc1. The number of fused-ring (bicyclic) bond motifs is 3. The van der Waals surface area contributed by atoms with Gasteiger partial charge in [-0.1, -0.05) is 48.5 Å². The molecule has 0 bridgehead atoms. The molecule has 0 aliphatic rings. The Morgan fingerprint density at radius 2 is 1.55 bits per heavy atom. The molecule has 2 aromatic heterocycles. The molecule has 0 amide bonds. The Morgan fingerprint density at radius 3 is 2.29 bits per heavy atom. The van der Waals surface area contributed by atoms with Crippen LogP contribution >= 0.6 is 11.3 Å². The first-order chi connectivity index (χ1) is 15.0. The number of thiophene rings is 1. The minimum atomic E-state index is 0.754. The molecule has 31 heavy (non-hydrogen) atoms. The first-order valence-electron chi connectivity index (χ1n) is 10.4. The van der Waals surface area contributed by atoms with E-state index in [4.69, 9.17) is 6.57 Å². The van der Waals surface area contributed by atoms with Crippen molar-refractivity contribution in [1.82, 2.24) is 0 Å². The predicted octanol–water partition coefficient (Wildman–Crippen LogP) is 7.69. The quantitative estimate of drug-likeness (QED) is 0.205. The van der Waals surface area contributed by atoms with Crippen LogP contribution in [0.25, 0.3) is 47.4 Å². The number of rotatable bonds is 2. The summed E-state index contributed by atoms with van der Waals surface area (Å²) in [6.45, 7) is 14.3. The summed E-state index contributed by atoms with van der Waals surface area (Å²) in [5.74, 6) is 0. The van der Waals surface area contributed by atoms with Gasteiger partial charge in [0.25, 0.3) is 0 Å². The Morgan fingerprint density at radius 1 is 0.806 bits per heavy atom. The summed E-state index contributed by atoms with van der Waals surface area (Å²) in [6, 6.07) is 21.4. The molecule has 0 spiro atoms. The van der Waals surface area contributed by atoms with Crippen LogP contribution in [0.15, 0.2) is 66.9 Å². The van der Waals surface area contributed by atoms with Gasteiger partial charge in [0, 0.05) is 32.5 Å². The summed E-state index contributed by atoms with van der Waals surface area (Å²) in [5.41, 5.74) is 8.97. The van der Waals surface area contributed by atoms with Crippen molar-refractivity contribution in [1.29, 1.82) is 0 Å². The maximum absolute atomic E-state index is 7.87. The van der Waals surface area contributed by atoms with Crippen LogP contribution in [-0.2, 0) is 7.05 Å². The third kappa shape index (κ3) is 3.03. The van der Waals surface area contributed by atoms with Gasteiger partial charge in [-0.05, 0) is 48.4 Å². The molecule has 0 unspecified atom stereocenters. The second-order valence-electron chi connectivity index (χ2n) is 8.21. The van der Waals surface area contributed by atoms with Crippen molar-refractivity contribution in [3.63, 3.8) is 0 Å². The maximum atomic E-state index is 7.87. The van der Waals surface area contributed by atoms with Crippen LogP contribution in [0.5, 0.6) is 0 Å². The predicted molar refractivity (Wildman–Crippen MR) is 132 cm³/mol. The van der Waals surface area contributed by atoms with Gasteiger partial charge in [0.1, 0.15) is 7.05 Å². The van der Waals surface area contributed by atoms with Gasteiger partial charge in [-0.3, -0.25) is 0 Å².